The molecule has 5 heteroatoms. The third-order valence-electron chi connectivity index (χ3n) is 3.91. The van der Waals surface area contributed by atoms with Crippen LogP contribution in [0.2, 0.25) is 0 Å². The Labute approximate surface area is 131 Å². The van der Waals surface area contributed by atoms with Crippen molar-refractivity contribution in [3.63, 3.8) is 0 Å². The predicted molar refractivity (Wildman–Crippen MR) is 85.0 cm³/mol. The minimum atomic E-state index is -0.938. The molecule has 0 radical (unpaired) electrons. The summed E-state index contributed by atoms with van der Waals surface area (Å²) in [4.78, 5) is 23.0. The maximum Gasteiger partial charge on any atom is 0.305 e. The van der Waals surface area contributed by atoms with E-state index < -0.39 is 11.5 Å². The fourth-order valence-electron chi connectivity index (χ4n) is 2.17. The molecule has 0 aliphatic carbocycles. The Hall–Kier alpha value is -2.04. The van der Waals surface area contributed by atoms with Gasteiger partial charge in [0.25, 0.3) is 5.91 Å². The molecule has 22 heavy (non-hydrogen) atoms. The van der Waals surface area contributed by atoms with Gasteiger partial charge < -0.3 is 15.2 Å². The van der Waals surface area contributed by atoms with E-state index in [1.165, 1.54) is 0 Å². The van der Waals surface area contributed by atoms with Crippen molar-refractivity contribution in [2.75, 3.05) is 6.61 Å². The molecule has 5 nitrogen and oxygen atoms in total. The average Bonchev–Trinajstić information content (AvgIpc) is 2.36. The van der Waals surface area contributed by atoms with Crippen molar-refractivity contribution < 1.29 is 19.4 Å². The Bertz CT molecular complexity index is 554. The zero-order valence-corrected chi connectivity index (χ0v) is 13.9. The van der Waals surface area contributed by atoms with Gasteiger partial charge in [-0.15, -0.1) is 0 Å². The normalized spacial score (nSPS) is 13.5. The lowest BCUT2D eigenvalue weighted by atomic mass is 9.85. The van der Waals surface area contributed by atoms with Crippen LogP contribution in [0.5, 0.6) is 5.75 Å². The summed E-state index contributed by atoms with van der Waals surface area (Å²) in [5.41, 5.74) is 1.29. The van der Waals surface area contributed by atoms with Gasteiger partial charge in [-0.1, -0.05) is 31.5 Å². The van der Waals surface area contributed by atoms with Crippen LogP contribution in [-0.2, 0) is 9.59 Å². The number of ether oxygens (including phenoxy) is 1. The van der Waals surface area contributed by atoms with Crippen LogP contribution in [0.25, 0.3) is 0 Å². The van der Waals surface area contributed by atoms with Crippen LogP contribution in [0, 0.1) is 19.8 Å². The number of benzene rings is 1. The van der Waals surface area contributed by atoms with Crippen molar-refractivity contribution in [2.45, 2.75) is 46.6 Å². The fraction of sp³-hybridized carbons (Fsp3) is 0.529. The number of rotatable bonds is 7. The Kier molecular flexibility index (Phi) is 5.97. The SMILES string of the molecule is Cc1ccc(OCC(=O)NC(C)(CC(=O)O)C(C)C)c(C)c1. The third kappa shape index (κ3) is 5.06. The minimum absolute atomic E-state index is 0.00587. The van der Waals surface area contributed by atoms with Crippen LogP contribution < -0.4 is 10.1 Å². The molecule has 0 heterocycles. The Morgan fingerprint density at radius 3 is 2.45 bits per heavy atom. The molecular formula is C17H25NO4. The largest absolute Gasteiger partial charge is 0.484 e. The molecule has 0 aliphatic rings. The summed E-state index contributed by atoms with van der Waals surface area (Å²) in [7, 11) is 0. The highest BCUT2D eigenvalue weighted by atomic mass is 16.5. The first kappa shape index (κ1) is 18.0. The predicted octanol–water partition coefficient (Wildman–Crippen LogP) is 2.69. The van der Waals surface area contributed by atoms with E-state index in [1.807, 2.05) is 45.9 Å². The van der Waals surface area contributed by atoms with Crippen molar-refractivity contribution in [1.82, 2.24) is 5.32 Å². The van der Waals surface area contributed by atoms with E-state index in [1.54, 1.807) is 6.92 Å². The van der Waals surface area contributed by atoms with Crippen molar-refractivity contribution in [2.24, 2.45) is 5.92 Å². The Morgan fingerprint density at radius 2 is 1.95 bits per heavy atom. The van der Waals surface area contributed by atoms with Gasteiger partial charge >= 0.3 is 5.97 Å². The summed E-state index contributed by atoms with van der Waals surface area (Å²) in [5, 5.41) is 11.8. The highest BCUT2D eigenvalue weighted by molar-refractivity contribution is 5.79. The standard InChI is InChI=1S/C17H25NO4/c1-11(2)17(5,9-16(20)21)18-15(19)10-22-14-7-6-12(3)8-13(14)4/h6-8,11H,9-10H2,1-5H3,(H,18,19)(H,20,21). The van der Waals surface area contributed by atoms with E-state index in [9.17, 15) is 9.59 Å². The molecule has 0 fully saturated rings. The van der Waals surface area contributed by atoms with Crippen molar-refractivity contribution in [3.05, 3.63) is 29.3 Å². The van der Waals surface area contributed by atoms with E-state index >= 15 is 0 Å². The van der Waals surface area contributed by atoms with Gasteiger partial charge in [-0.25, -0.2) is 0 Å². The van der Waals surface area contributed by atoms with E-state index in [0.717, 1.165) is 11.1 Å². The minimum Gasteiger partial charge on any atom is -0.484 e. The number of carbonyl (C=O) groups excluding carboxylic acids is 1. The number of nitrogens with one attached hydrogen (secondary N) is 1. The molecule has 0 saturated carbocycles. The molecule has 1 atom stereocenters. The van der Waals surface area contributed by atoms with E-state index in [0.29, 0.717) is 5.75 Å². The number of aryl methyl sites for hydroxylation is 2. The van der Waals surface area contributed by atoms with Gasteiger partial charge in [-0.05, 0) is 38.3 Å². The maximum atomic E-state index is 12.1. The molecular weight excluding hydrogens is 282 g/mol. The van der Waals surface area contributed by atoms with Crippen molar-refractivity contribution >= 4 is 11.9 Å². The lowest BCUT2D eigenvalue weighted by molar-refractivity contribution is -0.139. The number of amides is 1. The summed E-state index contributed by atoms with van der Waals surface area (Å²) < 4.78 is 5.52. The second kappa shape index (κ2) is 7.29. The van der Waals surface area contributed by atoms with Crippen LogP contribution in [0.15, 0.2) is 18.2 Å². The van der Waals surface area contributed by atoms with Gasteiger partial charge in [-0.2, -0.15) is 0 Å². The van der Waals surface area contributed by atoms with Crippen molar-refractivity contribution in [3.8, 4) is 5.75 Å². The second-order valence-corrected chi connectivity index (χ2v) is 6.25. The molecule has 1 rings (SSSR count). The molecule has 1 aromatic rings. The number of hydrogen-bond acceptors (Lipinski definition) is 3. The van der Waals surface area contributed by atoms with E-state index in [2.05, 4.69) is 5.32 Å². The highest BCUT2D eigenvalue weighted by Crippen LogP contribution is 2.21. The van der Waals surface area contributed by atoms with Crippen LogP contribution in [0.3, 0.4) is 0 Å². The lowest BCUT2D eigenvalue weighted by Gasteiger charge is -2.33. The first-order chi connectivity index (χ1) is 10.1. The summed E-state index contributed by atoms with van der Waals surface area (Å²) >= 11 is 0. The number of carboxylic acids is 1. The molecule has 0 saturated heterocycles. The topological polar surface area (TPSA) is 75.6 Å². The first-order valence-corrected chi connectivity index (χ1v) is 7.37. The average molecular weight is 307 g/mol. The van der Waals surface area contributed by atoms with Crippen LogP contribution in [-0.4, -0.2) is 29.1 Å². The number of carboxylic acid groups (broad SMARTS) is 1. The van der Waals surface area contributed by atoms with Gasteiger partial charge in [0.2, 0.25) is 0 Å². The molecule has 2 N–H and O–H groups in total. The lowest BCUT2D eigenvalue weighted by Crippen LogP contribution is -2.52. The zero-order chi connectivity index (χ0) is 16.9. The van der Waals surface area contributed by atoms with E-state index in [-0.39, 0.29) is 24.9 Å². The number of hydrogen-bond donors (Lipinski definition) is 2. The molecule has 0 spiro atoms. The first-order valence-electron chi connectivity index (χ1n) is 7.37. The van der Waals surface area contributed by atoms with Crippen LogP contribution in [0.1, 0.15) is 38.3 Å². The maximum absolute atomic E-state index is 12.1. The molecule has 1 unspecified atom stereocenters. The fourth-order valence-corrected chi connectivity index (χ4v) is 2.17. The van der Waals surface area contributed by atoms with Crippen LogP contribution in [0.4, 0.5) is 0 Å². The summed E-state index contributed by atoms with van der Waals surface area (Å²) in [6, 6.07) is 5.73. The molecule has 0 aromatic heterocycles. The molecule has 0 aliphatic heterocycles. The van der Waals surface area contributed by atoms with Crippen molar-refractivity contribution in [1.29, 1.82) is 0 Å². The molecule has 1 aromatic carbocycles. The quantitative estimate of drug-likeness (QED) is 0.812. The highest BCUT2D eigenvalue weighted by Gasteiger charge is 2.32. The number of carbonyl (C=O) groups is 2. The monoisotopic (exact) mass is 307 g/mol. The molecule has 0 bridgehead atoms. The van der Waals surface area contributed by atoms with Gasteiger partial charge in [0.1, 0.15) is 5.75 Å². The van der Waals surface area contributed by atoms with Gasteiger partial charge in [-0.3, -0.25) is 9.59 Å². The molecule has 1 amide bonds. The summed E-state index contributed by atoms with van der Waals surface area (Å²) in [6.45, 7) is 9.28. The summed E-state index contributed by atoms with van der Waals surface area (Å²) in [6.07, 6.45) is -0.125. The Balaban J connectivity index is 2.66. The second-order valence-electron chi connectivity index (χ2n) is 6.25. The smallest absolute Gasteiger partial charge is 0.305 e. The van der Waals surface area contributed by atoms with Gasteiger partial charge in [0, 0.05) is 0 Å². The summed E-state index contributed by atoms with van der Waals surface area (Å²) in [5.74, 6) is -0.608. The molecule has 122 valence electrons. The zero-order valence-electron chi connectivity index (χ0n) is 13.9. The van der Waals surface area contributed by atoms with Crippen LogP contribution >= 0.6 is 0 Å². The number of aliphatic carboxylic acids is 1. The Morgan fingerprint density at radius 1 is 1.32 bits per heavy atom. The third-order valence-corrected chi connectivity index (χ3v) is 3.91. The van der Waals surface area contributed by atoms with Gasteiger partial charge in [0.05, 0.1) is 12.0 Å². The van der Waals surface area contributed by atoms with E-state index in [4.69, 9.17) is 9.84 Å². The van der Waals surface area contributed by atoms with Gasteiger partial charge in [0.15, 0.2) is 6.61 Å².